The zero-order valence-electron chi connectivity index (χ0n) is 21.2. The second kappa shape index (κ2) is 13.2. The highest BCUT2D eigenvalue weighted by Crippen LogP contribution is 2.37. The molecule has 0 amide bonds. The van der Waals surface area contributed by atoms with Gasteiger partial charge in [0.25, 0.3) is 0 Å². The lowest BCUT2D eigenvalue weighted by Gasteiger charge is -2.48. The SMILES string of the molecule is COc1cccc(CCCC[C@@]2(O)O[C@H](COC(C)=O)[C@@H](OC(C)=O)[C@H](OC(C)=O)[C@H]2OC(C)=O)c1. The number of esters is 4. The third-order valence-corrected chi connectivity index (χ3v) is 5.52. The van der Waals surface area contributed by atoms with Crippen molar-refractivity contribution in [1.82, 2.24) is 0 Å². The average Bonchev–Trinajstić information content (AvgIpc) is 2.79. The Labute approximate surface area is 209 Å². The summed E-state index contributed by atoms with van der Waals surface area (Å²) in [5, 5.41) is 11.5. The van der Waals surface area contributed by atoms with Crippen LogP contribution in [-0.4, -0.2) is 72.9 Å². The summed E-state index contributed by atoms with van der Waals surface area (Å²) >= 11 is 0. The smallest absolute Gasteiger partial charge is 0.303 e. The Bertz CT molecular complexity index is 930. The van der Waals surface area contributed by atoms with Crippen LogP contribution in [-0.2, 0) is 49.3 Å². The van der Waals surface area contributed by atoms with Crippen LogP contribution < -0.4 is 4.74 Å². The molecule has 0 bridgehead atoms. The number of unbranched alkanes of at least 4 members (excludes halogenated alkanes) is 1. The van der Waals surface area contributed by atoms with Crippen molar-refractivity contribution in [2.75, 3.05) is 13.7 Å². The van der Waals surface area contributed by atoms with Gasteiger partial charge in [-0.2, -0.15) is 0 Å². The van der Waals surface area contributed by atoms with Gasteiger partial charge in [0, 0.05) is 34.1 Å². The first-order valence-corrected chi connectivity index (χ1v) is 11.6. The van der Waals surface area contributed by atoms with Crippen LogP contribution in [0.5, 0.6) is 5.75 Å². The van der Waals surface area contributed by atoms with Crippen molar-refractivity contribution in [3.05, 3.63) is 29.8 Å². The van der Waals surface area contributed by atoms with Crippen molar-refractivity contribution < 1.29 is 52.7 Å². The number of ether oxygens (including phenoxy) is 6. The highest BCUT2D eigenvalue weighted by molar-refractivity contribution is 5.68. The minimum absolute atomic E-state index is 0.0178. The molecule has 1 saturated heterocycles. The van der Waals surface area contributed by atoms with E-state index in [1.54, 1.807) is 7.11 Å². The Morgan fingerprint density at radius 2 is 1.56 bits per heavy atom. The molecule has 1 fully saturated rings. The average molecular weight is 511 g/mol. The summed E-state index contributed by atoms with van der Waals surface area (Å²) in [6.45, 7) is 4.16. The van der Waals surface area contributed by atoms with Crippen LogP contribution in [0, 0.1) is 0 Å². The maximum atomic E-state index is 11.9. The number of methoxy groups -OCH3 is 1. The quantitative estimate of drug-likeness (QED) is 0.265. The van der Waals surface area contributed by atoms with E-state index >= 15 is 0 Å². The molecule has 0 unspecified atom stereocenters. The second-order valence-electron chi connectivity index (χ2n) is 8.54. The molecule has 200 valence electrons. The van der Waals surface area contributed by atoms with Gasteiger partial charge < -0.3 is 33.5 Å². The van der Waals surface area contributed by atoms with Crippen LogP contribution in [0.3, 0.4) is 0 Å². The molecule has 1 aliphatic heterocycles. The fraction of sp³-hybridized carbons (Fsp3) is 0.600. The summed E-state index contributed by atoms with van der Waals surface area (Å²) in [6, 6.07) is 7.57. The van der Waals surface area contributed by atoms with Crippen molar-refractivity contribution in [3.63, 3.8) is 0 Å². The van der Waals surface area contributed by atoms with E-state index in [2.05, 4.69) is 0 Å². The molecule has 5 atom stereocenters. The first-order valence-electron chi connectivity index (χ1n) is 11.6. The van der Waals surface area contributed by atoms with Crippen LogP contribution in [0.15, 0.2) is 24.3 Å². The lowest BCUT2D eigenvalue weighted by atomic mass is 9.88. The van der Waals surface area contributed by atoms with E-state index in [1.807, 2.05) is 24.3 Å². The third kappa shape index (κ3) is 8.49. The minimum Gasteiger partial charge on any atom is -0.497 e. The summed E-state index contributed by atoms with van der Waals surface area (Å²) in [5.41, 5.74) is 1.03. The van der Waals surface area contributed by atoms with Gasteiger partial charge >= 0.3 is 23.9 Å². The lowest BCUT2D eigenvalue weighted by molar-refractivity contribution is -0.354. The van der Waals surface area contributed by atoms with E-state index in [1.165, 1.54) is 6.92 Å². The van der Waals surface area contributed by atoms with E-state index in [9.17, 15) is 24.3 Å². The van der Waals surface area contributed by atoms with Crippen molar-refractivity contribution in [2.24, 2.45) is 0 Å². The zero-order chi connectivity index (χ0) is 26.9. The molecule has 1 N–H and O–H groups in total. The number of carbonyl (C=O) groups excluding carboxylic acids is 4. The summed E-state index contributed by atoms with van der Waals surface area (Å²) in [6.07, 6.45) is -3.71. The van der Waals surface area contributed by atoms with E-state index in [-0.39, 0.29) is 6.42 Å². The Morgan fingerprint density at radius 1 is 0.917 bits per heavy atom. The molecular formula is C25H34O11. The predicted octanol–water partition coefficient (Wildman–Crippen LogP) is 1.85. The number of hydrogen-bond acceptors (Lipinski definition) is 11. The zero-order valence-corrected chi connectivity index (χ0v) is 21.2. The molecule has 2 rings (SSSR count). The molecule has 11 heteroatoms. The topological polar surface area (TPSA) is 144 Å². The van der Waals surface area contributed by atoms with Crippen molar-refractivity contribution in [2.45, 2.75) is 83.6 Å². The second-order valence-corrected chi connectivity index (χ2v) is 8.54. The molecule has 0 aromatic heterocycles. The molecular weight excluding hydrogens is 476 g/mol. The van der Waals surface area contributed by atoms with Gasteiger partial charge in [-0.1, -0.05) is 12.1 Å². The van der Waals surface area contributed by atoms with Gasteiger partial charge in [-0.3, -0.25) is 19.2 Å². The Balaban J connectivity index is 2.29. The molecule has 0 radical (unpaired) electrons. The normalized spacial score (nSPS) is 25.4. The first kappa shape index (κ1) is 29.1. The molecule has 1 aliphatic rings. The van der Waals surface area contributed by atoms with Gasteiger partial charge in [0.2, 0.25) is 5.79 Å². The largest absolute Gasteiger partial charge is 0.497 e. The van der Waals surface area contributed by atoms with E-state index in [0.29, 0.717) is 19.3 Å². The molecule has 0 spiro atoms. The van der Waals surface area contributed by atoms with Gasteiger partial charge in [-0.05, 0) is 37.0 Å². The van der Waals surface area contributed by atoms with Crippen LogP contribution in [0.4, 0.5) is 0 Å². The molecule has 1 aromatic rings. The monoisotopic (exact) mass is 510 g/mol. The van der Waals surface area contributed by atoms with Crippen molar-refractivity contribution in [3.8, 4) is 5.75 Å². The van der Waals surface area contributed by atoms with E-state index in [0.717, 1.165) is 32.1 Å². The number of rotatable bonds is 11. The lowest BCUT2D eigenvalue weighted by Crippen LogP contribution is -2.68. The maximum absolute atomic E-state index is 11.9. The summed E-state index contributed by atoms with van der Waals surface area (Å²) in [5.74, 6) is -4.29. The molecule has 1 heterocycles. The van der Waals surface area contributed by atoms with Crippen LogP contribution in [0.1, 0.15) is 52.5 Å². The van der Waals surface area contributed by atoms with Crippen molar-refractivity contribution >= 4 is 23.9 Å². The number of aryl methyl sites for hydroxylation is 1. The highest BCUT2D eigenvalue weighted by atomic mass is 16.7. The molecule has 0 aliphatic carbocycles. The van der Waals surface area contributed by atoms with Crippen LogP contribution in [0.2, 0.25) is 0 Å². The van der Waals surface area contributed by atoms with Gasteiger partial charge in [0.05, 0.1) is 7.11 Å². The molecule has 11 nitrogen and oxygen atoms in total. The first-order chi connectivity index (χ1) is 16.9. The maximum Gasteiger partial charge on any atom is 0.303 e. The number of benzene rings is 1. The molecule has 0 saturated carbocycles. The standard InChI is InChI=1S/C25H34O11/c1-15(26)32-14-21-22(33-16(2)27)23(34-17(3)28)24(35-18(4)29)25(30,36-21)12-7-6-9-19-10-8-11-20(13-19)31-5/h8,10-11,13,21-24,30H,6-7,9,12,14H2,1-5H3/t21-,22-,23+,24-,25-/m1/s1. The van der Waals surface area contributed by atoms with Gasteiger partial charge in [-0.25, -0.2) is 0 Å². The Hall–Kier alpha value is -3.18. The summed E-state index contributed by atoms with van der Waals surface area (Å²) < 4.78 is 32.2. The van der Waals surface area contributed by atoms with Crippen LogP contribution in [0.25, 0.3) is 0 Å². The highest BCUT2D eigenvalue weighted by Gasteiger charge is 2.59. The molecule has 36 heavy (non-hydrogen) atoms. The van der Waals surface area contributed by atoms with E-state index in [4.69, 9.17) is 28.4 Å². The fourth-order valence-electron chi connectivity index (χ4n) is 4.09. The summed E-state index contributed by atoms with van der Waals surface area (Å²) in [4.78, 5) is 47.0. The number of hydrogen-bond donors (Lipinski definition) is 1. The van der Waals surface area contributed by atoms with E-state index < -0.39 is 60.7 Å². The van der Waals surface area contributed by atoms with Gasteiger partial charge in [0.15, 0.2) is 18.3 Å². The number of carbonyl (C=O) groups is 4. The Morgan fingerprint density at radius 3 is 2.14 bits per heavy atom. The third-order valence-electron chi connectivity index (χ3n) is 5.52. The summed E-state index contributed by atoms with van der Waals surface area (Å²) in [7, 11) is 1.58. The minimum atomic E-state index is -2.12. The van der Waals surface area contributed by atoms with Gasteiger partial charge in [-0.15, -0.1) is 0 Å². The molecule has 1 aromatic carbocycles. The Kier molecular flexibility index (Phi) is 10.7. The van der Waals surface area contributed by atoms with Crippen LogP contribution >= 0.6 is 0 Å². The van der Waals surface area contributed by atoms with Crippen molar-refractivity contribution in [1.29, 1.82) is 0 Å². The number of aliphatic hydroxyl groups is 1. The van der Waals surface area contributed by atoms with Gasteiger partial charge in [0.1, 0.15) is 18.5 Å². The predicted molar refractivity (Wildman–Crippen MR) is 124 cm³/mol. The fourth-order valence-corrected chi connectivity index (χ4v) is 4.09.